The Labute approximate surface area is 85.9 Å². The van der Waals surface area contributed by atoms with E-state index >= 15 is 0 Å². The topological polar surface area (TPSA) is 74.8 Å². The molecule has 0 aromatic heterocycles. The number of nitrogens with zero attached hydrogens (tertiary/aromatic N) is 2. The Hall–Kier alpha value is -0.780. The van der Waals surface area contributed by atoms with Crippen molar-refractivity contribution in [1.29, 1.82) is 0 Å². The fourth-order valence-electron chi connectivity index (χ4n) is 1.08. The Kier molecular flexibility index (Phi) is 9.73. The van der Waals surface area contributed by atoms with Crippen molar-refractivity contribution in [2.45, 2.75) is 6.04 Å². The lowest BCUT2D eigenvalue weighted by Crippen LogP contribution is -2.43. The van der Waals surface area contributed by atoms with Crippen molar-refractivity contribution in [3.63, 3.8) is 0 Å². The minimum Gasteiger partial charge on any atom is -0.329 e. The van der Waals surface area contributed by atoms with Crippen molar-refractivity contribution in [3.8, 4) is 0 Å². The molecule has 1 atom stereocenters. The van der Waals surface area contributed by atoms with Gasteiger partial charge in [-0.15, -0.1) is 0 Å². The molecule has 0 aliphatic heterocycles. The number of aliphatic imine (C=N–C) groups is 2. The van der Waals surface area contributed by atoms with Gasteiger partial charge in [-0.1, -0.05) is 0 Å². The molecule has 0 spiro atoms. The lowest BCUT2D eigenvalue weighted by atomic mass is 10.3. The van der Waals surface area contributed by atoms with Gasteiger partial charge < -0.3 is 16.4 Å². The maximum atomic E-state index is 5.37. The van der Waals surface area contributed by atoms with Gasteiger partial charge in [0.25, 0.3) is 0 Å². The maximum Gasteiger partial charge on any atom is 0.0548 e. The van der Waals surface area contributed by atoms with Crippen molar-refractivity contribution in [1.82, 2.24) is 10.6 Å². The van der Waals surface area contributed by atoms with Gasteiger partial charge in [-0.05, 0) is 13.4 Å². The quantitative estimate of drug-likeness (QED) is 0.309. The van der Waals surface area contributed by atoms with Gasteiger partial charge in [0.05, 0.1) is 13.1 Å². The number of rotatable bonds is 10. The molecule has 14 heavy (non-hydrogen) atoms. The van der Waals surface area contributed by atoms with Gasteiger partial charge in [-0.25, -0.2) is 0 Å². The van der Waals surface area contributed by atoms with Crippen LogP contribution in [0.5, 0.6) is 0 Å². The van der Waals surface area contributed by atoms with E-state index in [4.69, 9.17) is 5.73 Å². The second-order valence-corrected chi connectivity index (χ2v) is 3.00. The molecule has 0 radical (unpaired) electrons. The Balaban J connectivity index is 3.53. The highest BCUT2D eigenvalue weighted by Gasteiger charge is 2.04. The predicted octanol–water partition coefficient (Wildman–Crippen LogP) is -1.11. The molecule has 5 heteroatoms. The zero-order valence-corrected chi connectivity index (χ0v) is 8.71. The van der Waals surface area contributed by atoms with Crippen LogP contribution < -0.4 is 16.4 Å². The van der Waals surface area contributed by atoms with Gasteiger partial charge in [0.15, 0.2) is 0 Å². The third-order valence-corrected chi connectivity index (χ3v) is 1.76. The Morgan fingerprint density at radius 1 is 1.21 bits per heavy atom. The molecule has 0 heterocycles. The van der Waals surface area contributed by atoms with Crippen molar-refractivity contribution in [3.05, 3.63) is 0 Å². The van der Waals surface area contributed by atoms with E-state index in [9.17, 15) is 0 Å². The fraction of sp³-hybridized carbons (Fsp3) is 0.778. The summed E-state index contributed by atoms with van der Waals surface area (Å²) in [6.07, 6.45) is 0. The van der Waals surface area contributed by atoms with Gasteiger partial charge in [-0.3, -0.25) is 9.98 Å². The second-order valence-electron chi connectivity index (χ2n) is 3.00. The van der Waals surface area contributed by atoms with E-state index in [1.807, 2.05) is 0 Å². The third kappa shape index (κ3) is 7.85. The molecule has 0 saturated carbocycles. The van der Waals surface area contributed by atoms with Crippen LogP contribution in [-0.2, 0) is 0 Å². The molecule has 82 valence electrons. The Bertz CT molecular complexity index is 148. The normalized spacial score (nSPS) is 12.4. The molecule has 0 fully saturated rings. The van der Waals surface area contributed by atoms with Crippen LogP contribution in [0.15, 0.2) is 9.98 Å². The molecule has 0 rings (SSSR count). The van der Waals surface area contributed by atoms with E-state index in [2.05, 4.69) is 34.1 Å². The molecule has 0 aromatic rings. The van der Waals surface area contributed by atoms with E-state index in [1.165, 1.54) is 0 Å². The van der Waals surface area contributed by atoms with Crippen LogP contribution in [-0.4, -0.2) is 58.7 Å². The standard InChI is InChI=1S/C9H21N5/c1-11-5-6-14-9(7-12-2)8-13-4-3-10/h9,13-14H,1-8,10H2. The number of nitrogens with two attached hydrogens (primary N) is 1. The zero-order valence-electron chi connectivity index (χ0n) is 8.71. The predicted molar refractivity (Wildman–Crippen MR) is 62.5 cm³/mol. The first-order valence-corrected chi connectivity index (χ1v) is 4.84. The highest BCUT2D eigenvalue weighted by atomic mass is 15.0. The first-order valence-electron chi connectivity index (χ1n) is 4.84. The van der Waals surface area contributed by atoms with Crippen molar-refractivity contribution >= 4 is 13.4 Å². The van der Waals surface area contributed by atoms with E-state index < -0.39 is 0 Å². The molecule has 0 bridgehead atoms. The molecule has 0 aliphatic carbocycles. The van der Waals surface area contributed by atoms with Gasteiger partial charge in [-0.2, -0.15) is 0 Å². The van der Waals surface area contributed by atoms with Gasteiger partial charge in [0.1, 0.15) is 0 Å². The third-order valence-electron chi connectivity index (χ3n) is 1.76. The minimum absolute atomic E-state index is 0.306. The lowest BCUT2D eigenvalue weighted by molar-refractivity contribution is 0.489. The van der Waals surface area contributed by atoms with Crippen LogP contribution in [0, 0.1) is 0 Å². The highest BCUT2D eigenvalue weighted by Crippen LogP contribution is 1.82. The van der Waals surface area contributed by atoms with Crippen LogP contribution in [0.3, 0.4) is 0 Å². The van der Waals surface area contributed by atoms with Crippen LogP contribution in [0.25, 0.3) is 0 Å². The Morgan fingerprint density at radius 2 is 2.00 bits per heavy atom. The first-order chi connectivity index (χ1) is 6.85. The smallest absolute Gasteiger partial charge is 0.0548 e. The lowest BCUT2D eigenvalue weighted by Gasteiger charge is -2.16. The summed E-state index contributed by atoms with van der Waals surface area (Å²) >= 11 is 0. The fourth-order valence-corrected chi connectivity index (χ4v) is 1.08. The summed E-state index contributed by atoms with van der Waals surface area (Å²) in [6.45, 7) is 11.5. The monoisotopic (exact) mass is 199 g/mol. The summed E-state index contributed by atoms with van der Waals surface area (Å²) in [6, 6.07) is 0.306. The summed E-state index contributed by atoms with van der Waals surface area (Å²) < 4.78 is 0. The molecule has 0 aliphatic rings. The molecule has 4 N–H and O–H groups in total. The van der Waals surface area contributed by atoms with Gasteiger partial charge in [0, 0.05) is 32.2 Å². The summed E-state index contributed by atoms with van der Waals surface area (Å²) in [4.78, 5) is 7.63. The first kappa shape index (κ1) is 13.2. The number of nitrogens with one attached hydrogen (secondary N) is 2. The summed E-state index contributed by atoms with van der Waals surface area (Å²) in [5.74, 6) is 0. The van der Waals surface area contributed by atoms with E-state index in [0.717, 1.165) is 26.2 Å². The molecule has 0 aromatic carbocycles. The molecular formula is C9H21N5. The summed E-state index contributed by atoms with van der Waals surface area (Å²) in [5.41, 5.74) is 5.37. The largest absolute Gasteiger partial charge is 0.329 e. The number of hydrogen-bond acceptors (Lipinski definition) is 5. The molecule has 0 amide bonds. The van der Waals surface area contributed by atoms with Crippen LogP contribution >= 0.6 is 0 Å². The summed E-state index contributed by atoms with van der Waals surface area (Å²) in [5, 5.41) is 6.54. The van der Waals surface area contributed by atoms with Crippen molar-refractivity contribution in [2.24, 2.45) is 15.7 Å². The van der Waals surface area contributed by atoms with Crippen LogP contribution in [0.2, 0.25) is 0 Å². The molecule has 0 saturated heterocycles. The van der Waals surface area contributed by atoms with E-state index in [1.54, 1.807) is 0 Å². The van der Waals surface area contributed by atoms with E-state index in [-0.39, 0.29) is 0 Å². The maximum absolute atomic E-state index is 5.37. The number of hydrogen-bond donors (Lipinski definition) is 3. The van der Waals surface area contributed by atoms with Gasteiger partial charge >= 0.3 is 0 Å². The average molecular weight is 199 g/mol. The molecular weight excluding hydrogens is 178 g/mol. The minimum atomic E-state index is 0.306. The zero-order chi connectivity index (χ0) is 10.6. The molecule has 5 nitrogen and oxygen atoms in total. The molecule has 1 unspecified atom stereocenters. The Morgan fingerprint density at radius 3 is 2.57 bits per heavy atom. The average Bonchev–Trinajstić information content (AvgIpc) is 2.18. The SMILES string of the molecule is C=NCCNC(CN=C)CNCCN. The van der Waals surface area contributed by atoms with Crippen LogP contribution in [0.1, 0.15) is 0 Å². The van der Waals surface area contributed by atoms with E-state index in [0.29, 0.717) is 19.1 Å². The second kappa shape index (κ2) is 10.3. The van der Waals surface area contributed by atoms with Crippen molar-refractivity contribution in [2.75, 3.05) is 39.3 Å². The van der Waals surface area contributed by atoms with Crippen LogP contribution in [0.4, 0.5) is 0 Å². The van der Waals surface area contributed by atoms with Gasteiger partial charge in [0.2, 0.25) is 0 Å². The highest BCUT2D eigenvalue weighted by molar-refractivity contribution is 5.23. The summed E-state index contributed by atoms with van der Waals surface area (Å²) in [7, 11) is 0. The van der Waals surface area contributed by atoms with Crippen molar-refractivity contribution < 1.29 is 0 Å².